The Kier molecular flexibility index (Phi) is 4.60. The first-order valence-corrected chi connectivity index (χ1v) is 6.15. The van der Waals surface area contributed by atoms with Crippen LogP contribution < -0.4 is 0 Å². The Bertz CT molecular complexity index is 500. The molecule has 2 N–H and O–H groups in total. The molecule has 0 amide bonds. The summed E-state index contributed by atoms with van der Waals surface area (Å²) in [4.78, 5) is 0. The highest BCUT2D eigenvalue weighted by molar-refractivity contribution is 5.73. The molecule has 0 atom stereocenters. The molecule has 0 unspecified atom stereocenters. The summed E-state index contributed by atoms with van der Waals surface area (Å²) in [5, 5.41) is 20.0. The zero-order valence-electron chi connectivity index (χ0n) is 11.8. The molecule has 0 radical (unpaired) electrons. The van der Waals surface area contributed by atoms with Crippen LogP contribution in [0.5, 0.6) is 11.5 Å². The molecule has 0 aliphatic carbocycles. The van der Waals surface area contributed by atoms with Gasteiger partial charge >= 0.3 is 0 Å². The van der Waals surface area contributed by atoms with Crippen molar-refractivity contribution in [1.82, 2.24) is 0 Å². The van der Waals surface area contributed by atoms with Crippen molar-refractivity contribution in [2.24, 2.45) is 0 Å². The molecule has 98 valence electrons. The highest BCUT2D eigenvalue weighted by Gasteiger charge is 2.11. The second-order valence-electron chi connectivity index (χ2n) is 5.11. The van der Waals surface area contributed by atoms with Gasteiger partial charge in [-0.1, -0.05) is 17.2 Å². The maximum absolute atomic E-state index is 10.3. The van der Waals surface area contributed by atoms with Crippen molar-refractivity contribution in [3.8, 4) is 11.5 Å². The topological polar surface area (TPSA) is 40.5 Å². The smallest absolute Gasteiger partial charge is 0.126 e. The van der Waals surface area contributed by atoms with Crippen LogP contribution in [0.3, 0.4) is 0 Å². The molecule has 0 fully saturated rings. The fraction of sp³-hybridized carbons (Fsp3) is 0.375. The van der Waals surface area contributed by atoms with Gasteiger partial charge in [-0.05, 0) is 58.7 Å². The first-order valence-electron chi connectivity index (χ1n) is 6.15. The third kappa shape index (κ3) is 3.39. The lowest BCUT2D eigenvalue weighted by atomic mass is 9.97. The molecule has 2 heteroatoms. The van der Waals surface area contributed by atoms with Crippen molar-refractivity contribution < 1.29 is 10.2 Å². The summed E-state index contributed by atoms with van der Waals surface area (Å²) in [6.07, 6.45) is 2.67. The summed E-state index contributed by atoms with van der Waals surface area (Å²) in [6, 6.07) is 3.24. The number of rotatable bonds is 3. The van der Waals surface area contributed by atoms with E-state index in [0.717, 1.165) is 16.7 Å². The van der Waals surface area contributed by atoms with Gasteiger partial charge in [0.25, 0.3) is 0 Å². The SMILES string of the molecule is CC(C)=CCc1cc(O)cc(C(C)=C(C)C)c1O. The number of phenolic OH excluding ortho intramolecular Hbond substituents is 2. The van der Waals surface area contributed by atoms with E-state index in [1.807, 2.05) is 40.7 Å². The standard InChI is InChI=1S/C16H22O2/c1-10(2)6-7-13-8-14(17)9-15(16(13)18)12(5)11(3)4/h6,8-9,17-18H,7H2,1-5H3. The Labute approximate surface area is 109 Å². The second kappa shape index (κ2) is 5.76. The van der Waals surface area contributed by atoms with Crippen LogP contribution in [0.1, 0.15) is 45.7 Å². The second-order valence-corrected chi connectivity index (χ2v) is 5.11. The van der Waals surface area contributed by atoms with E-state index in [1.165, 1.54) is 5.57 Å². The number of benzene rings is 1. The van der Waals surface area contributed by atoms with Gasteiger partial charge in [0, 0.05) is 11.1 Å². The highest BCUT2D eigenvalue weighted by Crippen LogP contribution is 2.34. The lowest BCUT2D eigenvalue weighted by molar-refractivity contribution is 0.454. The summed E-state index contributed by atoms with van der Waals surface area (Å²) in [6.45, 7) is 9.97. The van der Waals surface area contributed by atoms with E-state index >= 15 is 0 Å². The minimum Gasteiger partial charge on any atom is -0.508 e. The van der Waals surface area contributed by atoms with Crippen LogP contribution in [0.15, 0.2) is 29.4 Å². The van der Waals surface area contributed by atoms with Crippen LogP contribution in [-0.2, 0) is 6.42 Å². The van der Waals surface area contributed by atoms with Crippen molar-refractivity contribution in [1.29, 1.82) is 0 Å². The molecule has 0 aliphatic rings. The fourth-order valence-corrected chi connectivity index (χ4v) is 1.70. The van der Waals surface area contributed by atoms with Crippen molar-refractivity contribution in [2.75, 3.05) is 0 Å². The van der Waals surface area contributed by atoms with E-state index in [2.05, 4.69) is 0 Å². The summed E-state index contributed by atoms with van der Waals surface area (Å²) in [5.74, 6) is 0.463. The first kappa shape index (κ1) is 14.4. The molecular formula is C16H22O2. The molecule has 18 heavy (non-hydrogen) atoms. The largest absolute Gasteiger partial charge is 0.508 e. The van der Waals surface area contributed by atoms with Gasteiger partial charge in [-0.15, -0.1) is 0 Å². The fourth-order valence-electron chi connectivity index (χ4n) is 1.70. The third-order valence-corrected chi connectivity index (χ3v) is 3.06. The van der Waals surface area contributed by atoms with E-state index in [1.54, 1.807) is 12.1 Å². The highest BCUT2D eigenvalue weighted by atomic mass is 16.3. The molecule has 0 spiro atoms. The first-order chi connectivity index (χ1) is 8.32. The minimum atomic E-state index is 0.195. The molecule has 1 aromatic rings. The van der Waals surface area contributed by atoms with Gasteiger partial charge in [0.1, 0.15) is 11.5 Å². The maximum Gasteiger partial charge on any atom is 0.126 e. The van der Waals surface area contributed by atoms with Crippen LogP contribution in [0, 0.1) is 0 Å². The predicted molar refractivity (Wildman–Crippen MR) is 76.8 cm³/mol. The van der Waals surface area contributed by atoms with Crippen LogP contribution in [0.25, 0.3) is 5.57 Å². The van der Waals surface area contributed by atoms with Crippen molar-refractivity contribution in [3.05, 3.63) is 40.5 Å². The van der Waals surface area contributed by atoms with Crippen molar-refractivity contribution in [2.45, 2.75) is 41.0 Å². The van der Waals surface area contributed by atoms with E-state index in [9.17, 15) is 10.2 Å². The lowest BCUT2D eigenvalue weighted by Crippen LogP contribution is -1.90. The summed E-state index contributed by atoms with van der Waals surface area (Å²) in [7, 11) is 0. The van der Waals surface area contributed by atoms with Crippen molar-refractivity contribution in [3.63, 3.8) is 0 Å². The Morgan fingerprint density at radius 3 is 2.17 bits per heavy atom. The van der Waals surface area contributed by atoms with Gasteiger partial charge in [0.15, 0.2) is 0 Å². The van der Waals surface area contributed by atoms with Crippen LogP contribution in [-0.4, -0.2) is 10.2 Å². The van der Waals surface area contributed by atoms with Crippen LogP contribution in [0.2, 0.25) is 0 Å². The van der Waals surface area contributed by atoms with E-state index in [4.69, 9.17) is 0 Å². The zero-order chi connectivity index (χ0) is 13.9. The van der Waals surface area contributed by atoms with E-state index in [0.29, 0.717) is 12.0 Å². The van der Waals surface area contributed by atoms with E-state index in [-0.39, 0.29) is 11.5 Å². The number of hydrogen-bond acceptors (Lipinski definition) is 2. The third-order valence-electron chi connectivity index (χ3n) is 3.06. The number of phenols is 2. The zero-order valence-corrected chi connectivity index (χ0v) is 11.8. The molecule has 0 heterocycles. The number of hydrogen-bond donors (Lipinski definition) is 2. The van der Waals surface area contributed by atoms with Crippen molar-refractivity contribution >= 4 is 5.57 Å². The number of aromatic hydroxyl groups is 2. The molecule has 0 aromatic heterocycles. The van der Waals surface area contributed by atoms with Gasteiger partial charge < -0.3 is 10.2 Å². The van der Waals surface area contributed by atoms with Gasteiger partial charge in [-0.2, -0.15) is 0 Å². The molecular weight excluding hydrogens is 224 g/mol. The predicted octanol–water partition coefficient (Wildman–Crippen LogP) is 4.42. The molecule has 1 aromatic carbocycles. The molecule has 0 aliphatic heterocycles. The average Bonchev–Trinajstić information content (AvgIpc) is 2.28. The Balaban J connectivity index is 3.31. The minimum absolute atomic E-state index is 0.195. The molecule has 0 saturated carbocycles. The van der Waals surface area contributed by atoms with Crippen LogP contribution in [0.4, 0.5) is 0 Å². The summed E-state index contributed by atoms with van der Waals surface area (Å²) >= 11 is 0. The maximum atomic E-state index is 10.3. The van der Waals surface area contributed by atoms with Gasteiger partial charge in [-0.3, -0.25) is 0 Å². The monoisotopic (exact) mass is 246 g/mol. The quantitative estimate of drug-likeness (QED) is 0.612. The molecule has 2 nitrogen and oxygen atoms in total. The van der Waals surface area contributed by atoms with Gasteiger partial charge in [0.05, 0.1) is 0 Å². The molecule has 1 rings (SSSR count). The normalized spacial score (nSPS) is 10.1. The van der Waals surface area contributed by atoms with Crippen LogP contribution >= 0.6 is 0 Å². The summed E-state index contributed by atoms with van der Waals surface area (Å²) in [5.41, 5.74) is 4.79. The summed E-state index contributed by atoms with van der Waals surface area (Å²) < 4.78 is 0. The molecule has 0 saturated heterocycles. The Morgan fingerprint density at radius 2 is 1.67 bits per heavy atom. The number of allylic oxidation sites excluding steroid dienone is 4. The molecule has 0 bridgehead atoms. The Morgan fingerprint density at radius 1 is 1.06 bits per heavy atom. The van der Waals surface area contributed by atoms with Gasteiger partial charge in [-0.25, -0.2) is 0 Å². The Hall–Kier alpha value is -1.70. The van der Waals surface area contributed by atoms with E-state index < -0.39 is 0 Å². The lowest BCUT2D eigenvalue weighted by Gasteiger charge is -2.12. The average molecular weight is 246 g/mol. The van der Waals surface area contributed by atoms with Gasteiger partial charge in [0.2, 0.25) is 0 Å².